The van der Waals surface area contributed by atoms with Gasteiger partial charge in [0.15, 0.2) is 0 Å². The molecule has 0 saturated carbocycles. The van der Waals surface area contributed by atoms with Crippen molar-refractivity contribution >= 4 is 29.1 Å². The lowest BCUT2D eigenvalue weighted by Gasteiger charge is -2.11. The van der Waals surface area contributed by atoms with Gasteiger partial charge in [-0.3, -0.25) is 0 Å². The summed E-state index contributed by atoms with van der Waals surface area (Å²) < 4.78 is 0. The topological polar surface area (TPSA) is 88.8 Å². The number of aryl methyl sites for hydroxylation is 1. The summed E-state index contributed by atoms with van der Waals surface area (Å²) in [6.45, 7) is 3.42. The van der Waals surface area contributed by atoms with E-state index in [1.165, 1.54) is 0 Å². The fourth-order valence-electron chi connectivity index (χ4n) is 2.48. The number of hydrogen-bond acceptors (Lipinski definition) is 6. The fraction of sp³-hybridized carbons (Fsp3) is 0.211. The monoisotopic (exact) mass is 368 g/mol. The van der Waals surface area contributed by atoms with E-state index in [0.29, 0.717) is 17.5 Å². The fourth-order valence-corrected chi connectivity index (χ4v) is 2.67. The maximum absolute atomic E-state index is 6.03. The first-order valence-electron chi connectivity index (χ1n) is 8.42. The van der Waals surface area contributed by atoms with Gasteiger partial charge in [-0.15, -0.1) is 0 Å². The molecule has 0 aliphatic carbocycles. The van der Waals surface area contributed by atoms with Crippen molar-refractivity contribution in [1.82, 2.24) is 15.0 Å². The van der Waals surface area contributed by atoms with Crippen LogP contribution < -0.4 is 16.4 Å². The summed E-state index contributed by atoms with van der Waals surface area (Å²) in [5, 5.41) is 7.11. The van der Waals surface area contributed by atoms with Crippen LogP contribution in [0.3, 0.4) is 0 Å². The average Bonchev–Trinajstić information content (AvgIpc) is 2.64. The zero-order chi connectivity index (χ0) is 18.4. The van der Waals surface area contributed by atoms with Crippen LogP contribution in [0.1, 0.15) is 12.0 Å². The van der Waals surface area contributed by atoms with Crippen molar-refractivity contribution < 1.29 is 0 Å². The molecule has 0 amide bonds. The summed E-state index contributed by atoms with van der Waals surface area (Å²) in [5.74, 6) is 1.32. The van der Waals surface area contributed by atoms with Gasteiger partial charge in [-0.05, 0) is 55.8 Å². The summed E-state index contributed by atoms with van der Waals surface area (Å²) >= 11 is 6.03. The largest absolute Gasteiger partial charge is 0.370 e. The Morgan fingerprint density at radius 1 is 1.15 bits per heavy atom. The summed E-state index contributed by atoms with van der Waals surface area (Å²) in [6.07, 6.45) is 4.47. The molecule has 2 aromatic heterocycles. The zero-order valence-corrected chi connectivity index (χ0v) is 15.3. The zero-order valence-electron chi connectivity index (χ0n) is 14.5. The van der Waals surface area contributed by atoms with Gasteiger partial charge < -0.3 is 16.4 Å². The molecule has 3 rings (SSSR count). The van der Waals surface area contributed by atoms with Crippen molar-refractivity contribution in [2.75, 3.05) is 23.7 Å². The first kappa shape index (κ1) is 18.1. The Balaban J connectivity index is 1.84. The molecule has 3 aromatic rings. The van der Waals surface area contributed by atoms with Crippen LogP contribution in [0.15, 0.2) is 48.8 Å². The van der Waals surface area contributed by atoms with Gasteiger partial charge in [-0.1, -0.05) is 17.7 Å². The maximum Gasteiger partial charge on any atom is 0.227 e. The molecule has 6 nitrogen and oxygen atoms in total. The van der Waals surface area contributed by atoms with Gasteiger partial charge in [0.2, 0.25) is 5.95 Å². The molecule has 0 spiro atoms. The van der Waals surface area contributed by atoms with Crippen LogP contribution in [0, 0.1) is 6.92 Å². The third-order valence-corrected chi connectivity index (χ3v) is 4.01. The van der Waals surface area contributed by atoms with E-state index in [9.17, 15) is 0 Å². The number of halogens is 1. The highest BCUT2D eigenvalue weighted by Gasteiger charge is 2.08. The molecule has 0 aliphatic rings. The van der Waals surface area contributed by atoms with Gasteiger partial charge in [0.05, 0.1) is 5.69 Å². The van der Waals surface area contributed by atoms with Gasteiger partial charge in [0.25, 0.3) is 0 Å². The summed E-state index contributed by atoms with van der Waals surface area (Å²) in [6, 6.07) is 11.4. The van der Waals surface area contributed by atoms with Crippen molar-refractivity contribution in [1.29, 1.82) is 0 Å². The Hall–Kier alpha value is -2.70. The molecule has 7 heteroatoms. The lowest BCUT2D eigenvalue weighted by atomic mass is 10.1. The normalized spacial score (nSPS) is 10.6. The molecule has 0 aliphatic heterocycles. The number of nitrogens with two attached hydrogens (primary N) is 1. The van der Waals surface area contributed by atoms with Crippen molar-refractivity contribution in [3.63, 3.8) is 0 Å². The van der Waals surface area contributed by atoms with Crippen LogP contribution in [-0.4, -0.2) is 28.0 Å². The smallest absolute Gasteiger partial charge is 0.227 e. The number of anilines is 3. The predicted octanol–water partition coefficient (Wildman–Crippen LogP) is 4.00. The number of rotatable bonds is 7. The van der Waals surface area contributed by atoms with Gasteiger partial charge in [0.1, 0.15) is 5.82 Å². The number of nitrogens with zero attached hydrogens (tertiary/aromatic N) is 3. The number of benzene rings is 1. The van der Waals surface area contributed by atoms with E-state index in [-0.39, 0.29) is 0 Å². The van der Waals surface area contributed by atoms with Crippen molar-refractivity contribution in [2.24, 2.45) is 5.73 Å². The minimum absolute atomic E-state index is 0.516. The highest BCUT2D eigenvalue weighted by atomic mass is 35.5. The van der Waals surface area contributed by atoms with E-state index >= 15 is 0 Å². The molecule has 1 aromatic carbocycles. The lowest BCUT2D eigenvalue weighted by Crippen LogP contribution is -2.09. The second-order valence-electron chi connectivity index (χ2n) is 5.86. The Bertz CT molecular complexity index is 883. The minimum atomic E-state index is 0.516. The predicted molar refractivity (Wildman–Crippen MR) is 107 cm³/mol. The highest BCUT2D eigenvalue weighted by molar-refractivity contribution is 6.30. The first-order valence-corrected chi connectivity index (χ1v) is 8.80. The summed E-state index contributed by atoms with van der Waals surface area (Å²) in [5.41, 5.74) is 9.19. The lowest BCUT2D eigenvalue weighted by molar-refractivity contribution is 0.870. The van der Waals surface area contributed by atoms with Crippen LogP contribution in [-0.2, 0) is 0 Å². The maximum atomic E-state index is 6.03. The molecule has 0 bridgehead atoms. The van der Waals surface area contributed by atoms with Crippen LogP contribution in [0.25, 0.3) is 11.3 Å². The third-order valence-electron chi connectivity index (χ3n) is 3.77. The molecule has 0 fully saturated rings. The van der Waals surface area contributed by atoms with Gasteiger partial charge in [-0.25, -0.2) is 15.0 Å². The Morgan fingerprint density at radius 2 is 2.04 bits per heavy atom. The number of nitrogens with one attached hydrogen (secondary N) is 2. The number of aromatic nitrogens is 3. The number of hydrogen-bond donors (Lipinski definition) is 3. The van der Waals surface area contributed by atoms with Crippen LogP contribution in [0.5, 0.6) is 0 Å². The molecule has 26 heavy (non-hydrogen) atoms. The Morgan fingerprint density at radius 3 is 2.85 bits per heavy atom. The second-order valence-corrected chi connectivity index (χ2v) is 6.30. The van der Waals surface area contributed by atoms with E-state index in [1.54, 1.807) is 12.4 Å². The van der Waals surface area contributed by atoms with Gasteiger partial charge in [-0.2, -0.15) is 0 Å². The standard InChI is InChI=1S/C19H21ClN6/c1-13-12-24-19(25-16-5-2-4-15(20)11-16)26-18(13)14-6-9-23-17(10-14)22-8-3-7-21/h2,4-6,9-12H,3,7-8,21H2,1H3,(H,22,23)(H,24,25,26). The van der Waals surface area contributed by atoms with Gasteiger partial charge in [0, 0.05) is 35.2 Å². The molecule has 0 saturated heterocycles. The summed E-state index contributed by atoms with van der Waals surface area (Å²) in [7, 11) is 0. The van der Waals surface area contributed by atoms with E-state index in [1.807, 2.05) is 43.3 Å². The van der Waals surface area contributed by atoms with Crippen LogP contribution in [0.2, 0.25) is 5.02 Å². The second kappa shape index (κ2) is 8.60. The third kappa shape index (κ3) is 4.68. The number of pyridine rings is 1. The van der Waals surface area contributed by atoms with Crippen molar-refractivity contribution in [3.8, 4) is 11.3 Å². The van der Waals surface area contributed by atoms with Crippen LogP contribution in [0.4, 0.5) is 17.5 Å². The van der Waals surface area contributed by atoms with Gasteiger partial charge >= 0.3 is 0 Å². The van der Waals surface area contributed by atoms with Crippen molar-refractivity contribution in [2.45, 2.75) is 13.3 Å². The highest BCUT2D eigenvalue weighted by Crippen LogP contribution is 2.25. The molecule has 0 radical (unpaired) electrons. The van der Waals surface area contributed by atoms with Crippen molar-refractivity contribution in [3.05, 3.63) is 59.4 Å². The molecule has 134 valence electrons. The molecular formula is C19H21ClN6. The van der Waals surface area contributed by atoms with E-state index in [2.05, 4.69) is 25.6 Å². The molecular weight excluding hydrogens is 348 g/mol. The first-order chi connectivity index (χ1) is 12.7. The molecule has 2 heterocycles. The van der Waals surface area contributed by atoms with E-state index in [0.717, 1.165) is 41.3 Å². The molecule has 0 unspecified atom stereocenters. The summed E-state index contributed by atoms with van der Waals surface area (Å²) in [4.78, 5) is 13.4. The molecule has 4 N–H and O–H groups in total. The Labute approximate surface area is 157 Å². The average molecular weight is 369 g/mol. The van der Waals surface area contributed by atoms with E-state index < -0.39 is 0 Å². The molecule has 0 atom stereocenters. The SMILES string of the molecule is Cc1cnc(Nc2cccc(Cl)c2)nc1-c1ccnc(NCCCN)c1. The quantitative estimate of drug-likeness (QED) is 0.546. The minimum Gasteiger partial charge on any atom is -0.370 e. The van der Waals surface area contributed by atoms with E-state index in [4.69, 9.17) is 17.3 Å². The van der Waals surface area contributed by atoms with Crippen LogP contribution >= 0.6 is 11.6 Å². The Kier molecular flexibility index (Phi) is 5.99.